The van der Waals surface area contributed by atoms with Gasteiger partial charge in [0.05, 0.1) is 22.9 Å². The number of rotatable bonds is 0. The Hall–Kier alpha value is 0. The predicted molar refractivity (Wildman–Crippen MR) is 30.3 cm³/mol. The number of ether oxygens (including phenoxy) is 1. The van der Waals surface area contributed by atoms with Gasteiger partial charge in [-0.15, -0.1) is 5.10 Å². The number of hydrazone groups is 1. The minimum atomic E-state index is 0.584. The first-order valence-electron chi connectivity index (χ1n) is 1.47. The third-order valence-electron chi connectivity index (χ3n) is 0.428. The van der Waals surface area contributed by atoms with Crippen molar-refractivity contribution in [1.29, 1.82) is 0 Å². The molecule has 1 rings (SSSR count). The van der Waals surface area contributed by atoms with Gasteiger partial charge in [-0.3, -0.25) is 0 Å². The molecule has 34 valence electrons. The molecule has 0 aromatic heterocycles. The molecule has 0 saturated heterocycles. The molecule has 4 heteroatoms. The van der Waals surface area contributed by atoms with Crippen LogP contribution in [0.4, 0.5) is 0 Å². The van der Waals surface area contributed by atoms with Crippen molar-refractivity contribution in [1.82, 2.24) is 3.22 Å². The first-order valence-corrected chi connectivity index (χ1v) is 2.43. The van der Waals surface area contributed by atoms with Gasteiger partial charge in [-0.2, -0.15) is 3.22 Å². The van der Waals surface area contributed by atoms with E-state index < -0.39 is 0 Å². The van der Waals surface area contributed by atoms with E-state index in [0.717, 1.165) is 0 Å². The van der Waals surface area contributed by atoms with Gasteiger partial charge in [-0.1, -0.05) is 0 Å². The Bertz CT molecular complexity index is 73.9. The van der Waals surface area contributed by atoms with Crippen molar-refractivity contribution < 1.29 is 4.74 Å². The van der Waals surface area contributed by atoms with Gasteiger partial charge in [0.1, 0.15) is 0 Å². The van der Waals surface area contributed by atoms with Gasteiger partial charge in [0.15, 0.2) is 13.1 Å². The molecule has 0 N–H and O–H groups in total. The topological polar surface area (TPSA) is 24.8 Å². The van der Waals surface area contributed by atoms with Crippen LogP contribution in [0.3, 0.4) is 0 Å². The molecule has 0 saturated carbocycles. The van der Waals surface area contributed by atoms with Crippen molar-refractivity contribution in [3.05, 3.63) is 0 Å². The average molecular weight is 198 g/mol. The largest absolute Gasteiger partial charge is 0.459 e. The van der Waals surface area contributed by atoms with E-state index in [1.54, 1.807) is 3.22 Å². The van der Waals surface area contributed by atoms with Gasteiger partial charge >= 0.3 is 0 Å². The Kier molecular flexibility index (Phi) is 1.13. The molecule has 0 amide bonds. The van der Waals surface area contributed by atoms with E-state index in [1.807, 2.05) is 22.9 Å². The lowest BCUT2D eigenvalue weighted by Gasteiger charge is -1.94. The van der Waals surface area contributed by atoms with Gasteiger partial charge in [-0.05, 0) is 0 Å². The number of halogens is 1. The van der Waals surface area contributed by atoms with Crippen molar-refractivity contribution >= 4 is 29.3 Å². The summed E-state index contributed by atoms with van der Waals surface area (Å²) < 4.78 is 6.36. The SMILES string of the molecule is IN1COC=N1. The molecule has 0 spiro atoms. The van der Waals surface area contributed by atoms with Crippen molar-refractivity contribution in [2.75, 3.05) is 6.73 Å². The molecule has 0 unspecified atom stereocenters. The Balaban J connectivity index is 2.38. The molecular formula is C2H3IN2O. The molecule has 0 aromatic carbocycles. The van der Waals surface area contributed by atoms with Crippen LogP contribution in [0, 0.1) is 0 Å². The van der Waals surface area contributed by atoms with E-state index in [0.29, 0.717) is 6.73 Å². The Morgan fingerprint density at radius 1 is 2.00 bits per heavy atom. The maximum absolute atomic E-state index is 4.68. The second-order valence-electron chi connectivity index (χ2n) is 0.853. The van der Waals surface area contributed by atoms with Gasteiger partial charge in [0.2, 0.25) is 0 Å². The zero-order valence-electron chi connectivity index (χ0n) is 2.97. The summed E-state index contributed by atoms with van der Waals surface area (Å²) in [4.78, 5) is 0. The lowest BCUT2D eigenvalue weighted by molar-refractivity contribution is 0.277. The predicted octanol–water partition coefficient (Wildman–Crippen LogP) is 0.569. The van der Waals surface area contributed by atoms with Crippen LogP contribution in [0.2, 0.25) is 0 Å². The fourth-order valence-electron chi connectivity index (χ4n) is 0.213. The molecule has 3 nitrogen and oxygen atoms in total. The van der Waals surface area contributed by atoms with Gasteiger partial charge in [-0.25, -0.2) is 0 Å². The van der Waals surface area contributed by atoms with Gasteiger partial charge < -0.3 is 4.74 Å². The zero-order chi connectivity index (χ0) is 4.41. The van der Waals surface area contributed by atoms with Crippen molar-refractivity contribution in [2.24, 2.45) is 5.10 Å². The quantitative estimate of drug-likeness (QED) is 0.419. The van der Waals surface area contributed by atoms with E-state index in [1.165, 1.54) is 6.40 Å². The molecule has 6 heavy (non-hydrogen) atoms. The molecule has 0 aromatic rings. The van der Waals surface area contributed by atoms with Crippen LogP contribution in [0.1, 0.15) is 0 Å². The molecule has 1 heterocycles. The van der Waals surface area contributed by atoms with Gasteiger partial charge in [0.25, 0.3) is 0 Å². The Morgan fingerprint density at radius 2 is 2.83 bits per heavy atom. The van der Waals surface area contributed by atoms with E-state index in [-0.39, 0.29) is 0 Å². The van der Waals surface area contributed by atoms with E-state index in [4.69, 9.17) is 0 Å². The minimum absolute atomic E-state index is 0.584. The van der Waals surface area contributed by atoms with E-state index in [9.17, 15) is 0 Å². The number of nitrogens with zero attached hydrogens (tertiary/aromatic N) is 2. The summed E-state index contributed by atoms with van der Waals surface area (Å²) in [6.45, 7) is 0.584. The lowest BCUT2D eigenvalue weighted by Crippen LogP contribution is -1.96. The Labute approximate surface area is 49.5 Å². The zero-order valence-corrected chi connectivity index (χ0v) is 5.12. The number of hydrogen-bond donors (Lipinski definition) is 0. The van der Waals surface area contributed by atoms with Crippen molar-refractivity contribution in [3.63, 3.8) is 0 Å². The maximum Gasteiger partial charge on any atom is 0.195 e. The fourth-order valence-corrected chi connectivity index (χ4v) is 0.475. The van der Waals surface area contributed by atoms with Crippen LogP contribution in [0.15, 0.2) is 5.10 Å². The molecule has 0 aliphatic carbocycles. The molecule has 0 bridgehead atoms. The van der Waals surface area contributed by atoms with Crippen LogP contribution in [0.5, 0.6) is 0 Å². The van der Waals surface area contributed by atoms with Crippen molar-refractivity contribution in [3.8, 4) is 0 Å². The fraction of sp³-hybridized carbons (Fsp3) is 0.500. The summed E-state index contributed by atoms with van der Waals surface area (Å²) in [5, 5.41) is 3.71. The first kappa shape index (κ1) is 4.17. The highest BCUT2D eigenvalue weighted by Crippen LogP contribution is 2.01. The second kappa shape index (κ2) is 1.63. The highest BCUT2D eigenvalue weighted by Gasteiger charge is 1.96. The summed E-state index contributed by atoms with van der Waals surface area (Å²) in [6.07, 6.45) is 1.42. The van der Waals surface area contributed by atoms with Crippen LogP contribution < -0.4 is 0 Å². The van der Waals surface area contributed by atoms with Crippen molar-refractivity contribution in [2.45, 2.75) is 0 Å². The summed E-state index contributed by atoms with van der Waals surface area (Å²) >= 11 is 2.04. The number of hydrogen-bond acceptors (Lipinski definition) is 3. The highest BCUT2D eigenvalue weighted by atomic mass is 127. The molecule has 0 fully saturated rings. The third kappa shape index (κ3) is 0.735. The minimum Gasteiger partial charge on any atom is -0.459 e. The average Bonchev–Trinajstić information content (AvgIpc) is 1.86. The monoisotopic (exact) mass is 198 g/mol. The normalized spacial score (nSPS) is 18.5. The standard InChI is InChI=1S/C2H3IN2O/c3-5-2-6-1-4-5/h1H,2H2. The second-order valence-corrected chi connectivity index (χ2v) is 1.97. The van der Waals surface area contributed by atoms with Crippen LogP contribution >= 0.6 is 22.9 Å². The maximum atomic E-state index is 4.68. The summed E-state index contributed by atoms with van der Waals surface area (Å²) in [7, 11) is 0. The van der Waals surface area contributed by atoms with Crippen LogP contribution in [0.25, 0.3) is 0 Å². The Morgan fingerprint density at radius 3 is 3.00 bits per heavy atom. The van der Waals surface area contributed by atoms with E-state index >= 15 is 0 Å². The van der Waals surface area contributed by atoms with Crippen LogP contribution in [-0.2, 0) is 4.74 Å². The molecule has 0 atom stereocenters. The molecule has 1 aliphatic heterocycles. The smallest absolute Gasteiger partial charge is 0.195 e. The van der Waals surface area contributed by atoms with Gasteiger partial charge in [0, 0.05) is 0 Å². The third-order valence-corrected chi connectivity index (χ3v) is 0.956. The van der Waals surface area contributed by atoms with E-state index in [2.05, 4.69) is 9.84 Å². The summed E-state index contributed by atoms with van der Waals surface area (Å²) in [5.74, 6) is 0. The molecule has 0 radical (unpaired) electrons. The molecular weight excluding hydrogens is 195 g/mol. The van der Waals surface area contributed by atoms with Crippen LogP contribution in [-0.4, -0.2) is 16.4 Å². The first-order chi connectivity index (χ1) is 2.89. The highest BCUT2D eigenvalue weighted by molar-refractivity contribution is 14.1. The summed E-state index contributed by atoms with van der Waals surface area (Å²) in [5.41, 5.74) is 0. The lowest BCUT2D eigenvalue weighted by atomic mass is 11.3. The molecule has 1 aliphatic rings. The summed E-state index contributed by atoms with van der Waals surface area (Å²) in [6, 6.07) is 0.